The molecule has 2 heterocycles. The van der Waals surface area contributed by atoms with E-state index < -0.39 is 5.60 Å². The number of aliphatic hydroxyl groups is 2. The van der Waals surface area contributed by atoms with E-state index in [2.05, 4.69) is 20.9 Å². The summed E-state index contributed by atoms with van der Waals surface area (Å²) in [6.07, 6.45) is 3.55. The maximum atomic E-state index is 10.3. The van der Waals surface area contributed by atoms with Crippen LogP contribution in [0.1, 0.15) is 19.3 Å². The first-order chi connectivity index (χ1) is 9.22. The van der Waals surface area contributed by atoms with Crippen molar-refractivity contribution in [3.8, 4) is 0 Å². The molecule has 1 saturated heterocycles. The number of fused-ring (bicyclic) bond motifs is 1. The second-order valence-electron chi connectivity index (χ2n) is 5.26. The Kier molecular flexibility index (Phi) is 3.16. The number of benzene rings is 1. The van der Waals surface area contributed by atoms with Crippen molar-refractivity contribution in [1.82, 2.24) is 9.97 Å². The van der Waals surface area contributed by atoms with Crippen LogP contribution in [0.4, 0.5) is 5.69 Å². The predicted molar refractivity (Wildman–Crippen MR) is 74.2 cm³/mol. The van der Waals surface area contributed by atoms with Crippen molar-refractivity contribution in [2.75, 3.05) is 24.6 Å². The number of nitrogens with one attached hydrogen (secondary N) is 1. The zero-order valence-corrected chi connectivity index (χ0v) is 10.8. The average molecular weight is 261 g/mol. The van der Waals surface area contributed by atoms with Gasteiger partial charge in [-0.25, -0.2) is 4.98 Å². The monoisotopic (exact) mass is 261 g/mol. The van der Waals surface area contributed by atoms with E-state index in [4.69, 9.17) is 5.11 Å². The molecule has 5 heteroatoms. The minimum atomic E-state index is -0.704. The van der Waals surface area contributed by atoms with E-state index in [-0.39, 0.29) is 6.61 Å². The molecular weight excluding hydrogens is 242 g/mol. The van der Waals surface area contributed by atoms with Gasteiger partial charge in [0.1, 0.15) is 5.52 Å². The SMILES string of the molecule is OCCC1(O)CCN(c2cccc3[nH]cnc23)CC1. The van der Waals surface area contributed by atoms with Gasteiger partial charge in [-0.2, -0.15) is 0 Å². The van der Waals surface area contributed by atoms with E-state index in [0.29, 0.717) is 19.3 Å². The lowest BCUT2D eigenvalue weighted by atomic mass is 9.88. The number of para-hydroxylation sites is 1. The lowest BCUT2D eigenvalue weighted by Crippen LogP contribution is -2.45. The molecule has 102 valence electrons. The van der Waals surface area contributed by atoms with Crippen molar-refractivity contribution in [3.63, 3.8) is 0 Å². The minimum absolute atomic E-state index is 0.0471. The molecular formula is C14H19N3O2. The molecule has 1 fully saturated rings. The Hall–Kier alpha value is -1.59. The maximum absolute atomic E-state index is 10.3. The summed E-state index contributed by atoms with van der Waals surface area (Å²) in [6.45, 7) is 1.64. The highest BCUT2D eigenvalue weighted by molar-refractivity contribution is 5.88. The molecule has 3 rings (SSSR count). The van der Waals surface area contributed by atoms with Crippen LogP contribution in [0.3, 0.4) is 0 Å². The Balaban J connectivity index is 1.80. The van der Waals surface area contributed by atoms with Crippen LogP contribution in [0.2, 0.25) is 0 Å². The smallest absolute Gasteiger partial charge is 0.112 e. The van der Waals surface area contributed by atoms with Gasteiger partial charge in [-0.1, -0.05) is 6.07 Å². The molecule has 5 nitrogen and oxygen atoms in total. The molecule has 1 aliphatic heterocycles. The first kappa shape index (κ1) is 12.4. The molecule has 1 aromatic heterocycles. The lowest BCUT2D eigenvalue weighted by Gasteiger charge is -2.39. The zero-order chi connectivity index (χ0) is 13.3. The number of aliphatic hydroxyl groups excluding tert-OH is 1. The Labute approximate surface area is 111 Å². The highest BCUT2D eigenvalue weighted by Gasteiger charge is 2.32. The molecule has 0 amide bonds. The van der Waals surface area contributed by atoms with Gasteiger partial charge < -0.3 is 20.1 Å². The molecule has 19 heavy (non-hydrogen) atoms. The summed E-state index contributed by atoms with van der Waals surface area (Å²) < 4.78 is 0. The number of rotatable bonds is 3. The Morgan fingerprint density at radius 1 is 1.32 bits per heavy atom. The molecule has 0 saturated carbocycles. The third kappa shape index (κ3) is 2.31. The van der Waals surface area contributed by atoms with Crippen molar-refractivity contribution in [2.24, 2.45) is 0 Å². The number of H-pyrrole nitrogens is 1. The van der Waals surface area contributed by atoms with Gasteiger partial charge in [0, 0.05) is 19.7 Å². The molecule has 0 unspecified atom stereocenters. The molecule has 0 bridgehead atoms. The molecule has 0 radical (unpaired) electrons. The fraction of sp³-hybridized carbons (Fsp3) is 0.500. The van der Waals surface area contributed by atoms with Crippen molar-refractivity contribution in [2.45, 2.75) is 24.9 Å². The number of hydrogen-bond acceptors (Lipinski definition) is 4. The zero-order valence-electron chi connectivity index (χ0n) is 10.8. The van der Waals surface area contributed by atoms with Gasteiger partial charge in [0.25, 0.3) is 0 Å². The minimum Gasteiger partial charge on any atom is -0.396 e. The second kappa shape index (κ2) is 4.83. The van der Waals surface area contributed by atoms with E-state index in [1.54, 1.807) is 6.33 Å². The number of imidazole rings is 1. The summed E-state index contributed by atoms with van der Waals surface area (Å²) in [5, 5.41) is 19.3. The standard InChI is InChI=1S/C14H19N3O2/c18-9-6-14(19)4-7-17(8-5-14)12-3-1-2-11-13(12)16-10-15-11/h1-3,10,18-19H,4-9H2,(H,15,16). The van der Waals surface area contributed by atoms with Gasteiger partial charge in [-0.3, -0.25) is 0 Å². The summed E-state index contributed by atoms with van der Waals surface area (Å²) in [7, 11) is 0. The first-order valence-electron chi connectivity index (χ1n) is 6.72. The number of aromatic amines is 1. The van der Waals surface area contributed by atoms with Crippen molar-refractivity contribution >= 4 is 16.7 Å². The van der Waals surface area contributed by atoms with E-state index in [9.17, 15) is 5.11 Å². The number of aromatic nitrogens is 2. The number of nitrogens with zero attached hydrogens (tertiary/aromatic N) is 2. The van der Waals surface area contributed by atoms with Gasteiger partial charge in [0.15, 0.2) is 0 Å². The van der Waals surface area contributed by atoms with E-state index in [0.717, 1.165) is 29.8 Å². The van der Waals surface area contributed by atoms with E-state index in [1.165, 1.54) is 0 Å². The molecule has 0 aliphatic carbocycles. The van der Waals surface area contributed by atoms with Crippen LogP contribution in [0.25, 0.3) is 11.0 Å². The van der Waals surface area contributed by atoms with Gasteiger partial charge in [-0.15, -0.1) is 0 Å². The Morgan fingerprint density at radius 2 is 2.11 bits per heavy atom. The number of piperidine rings is 1. The third-order valence-corrected chi connectivity index (χ3v) is 4.04. The Morgan fingerprint density at radius 3 is 2.84 bits per heavy atom. The van der Waals surface area contributed by atoms with Crippen LogP contribution in [-0.2, 0) is 0 Å². The Bertz CT molecular complexity index is 559. The maximum Gasteiger partial charge on any atom is 0.112 e. The van der Waals surface area contributed by atoms with Crippen molar-refractivity contribution < 1.29 is 10.2 Å². The average Bonchev–Trinajstić information content (AvgIpc) is 2.88. The molecule has 2 aromatic rings. The number of anilines is 1. The molecule has 0 spiro atoms. The highest BCUT2D eigenvalue weighted by atomic mass is 16.3. The predicted octanol–water partition coefficient (Wildman–Crippen LogP) is 1.28. The molecule has 1 aromatic carbocycles. The van der Waals surface area contributed by atoms with Crippen molar-refractivity contribution in [1.29, 1.82) is 0 Å². The summed E-state index contributed by atoms with van der Waals surface area (Å²) in [4.78, 5) is 9.74. The number of hydrogen-bond donors (Lipinski definition) is 3. The summed E-state index contributed by atoms with van der Waals surface area (Å²) in [5.74, 6) is 0. The fourth-order valence-corrected chi connectivity index (χ4v) is 2.83. The van der Waals surface area contributed by atoms with Gasteiger partial charge >= 0.3 is 0 Å². The molecule has 1 aliphatic rings. The van der Waals surface area contributed by atoms with Crippen LogP contribution in [-0.4, -0.2) is 45.5 Å². The van der Waals surface area contributed by atoms with Gasteiger partial charge in [0.05, 0.1) is 23.1 Å². The highest BCUT2D eigenvalue weighted by Crippen LogP contribution is 2.31. The normalized spacial score (nSPS) is 18.9. The van der Waals surface area contributed by atoms with Crippen LogP contribution in [0, 0.1) is 0 Å². The van der Waals surface area contributed by atoms with Crippen LogP contribution >= 0.6 is 0 Å². The second-order valence-corrected chi connectivity index (χ2v) is 5.26. The summed E-state index contributed by atoms with van der Waals surface area (Å²) in [5.41, 5.74) is 2.43. The summed E-state index contributed by atoms with van der Waals surface area (Å²) >= 11 is 0. The van der Waals surface area contributed by atoms with Gasteiger partial charge in [0.2, 0.25) is 0 Å². The van der Waals surface area contributed by atoms with E-state index >= 15 is 0 Å². The molecule has 0 atom stereocenters. The third-order valence-electron chi connectivity index (χ3n) is 4.04. The van der Waals surface area contributed by atoms with Crippen LogP contribution in [0.15, 0.2) is 24.5 Å². The first-order valence-corrected chi connectivity index (χ1v) is 6.72. The fourth-order valence-electron chi connectivity index (χ4n) is 2.83. The molecule has 3 N–H and O–H groups in total. The van der Waals surface area contributed by atoms with E-state index in [1.807, 2.05) is 12.1 Å². The largest absolute Gasteiger partial charge is 0.396 e. The van der Waals surface area contributed by atoms with Crippen molar-refractivity contribution in [3.05, 3.63) is 24.5 Å². The topological polar surface area (TPSA) is 72.4 Å². The van der Waals surface area contributed by atoms with Gasteiger partial charge in [-0.05, 0) is 31.4 Å². The lowest BCUT2D eigenvalue weighted by molar-refractivity contribution is -0.00530. The van der Waals surface area contributed by atoms with Crippen LogP contribution in [0.5, 0.6) is 0 Å². The summed E-state index contributed by atoms with van der Waals surface area (Å²) in [6, 6.07) is 6.10. The van der Waals surface area contributed by atoms with Crippen LogP contribution < -0.4 is 4.90 Å². The quantitative estimate of drug-likeness (QED) is 0.778.